The van der Waals surface area contributed by atoms with Gasteiger partial charge in [-0.25, -0.2) is 4.79 Å². The van der Waals surface area contributed by atoms with Crippen molar-refractivity contribution in [2.24, 2.45) is 17.3 Å². The summed E-state index contributed by atoms with van der Waals surface area (Å²) >= 11 is 6.11. The Morgan fingerprint density at radius 3 is 2.59 bits per heavy atom. The number of hydrogen-bond donors (Lipinski definition) is 4. The summed E-state index contributed by atoms with van der Waals surface area (Å²) in [7, 11) is 4.06. The van der Waals surface area contributed by atoms with Crippen LogP contribution >= 0.6 is 11.6 Å². The molecule has 1 spiro atoms. The highest BCUT2D eigenvalue weighted by Gasteiger charge is 2.56. The van der Waals surface area contributed by atoms with E-state index in [1.54, 1.807) is 0 Å². The number of anilines is 2. The molecule has 12 heteroatoms. The maximum absolute atomic E-state index is 15.4. The van der Waals surface area contributed by atoms with Crippen molar-refractivity contribution >= 4 is 35.2 Å². The Morgan fingerprint density at radius 2 is 2.00 bits per heavy atom. The first-order chi connectivity index (χ1) is 16.2. The molecular formula is C22H33ClFN7O3. The molecule has 2 saturated carbocycles. The normalized spacial score (nSPS) is 22.3. The smallest absolute Gasteiger partial charge is 0.404 e. The van der Waals surface area contributed by atoms with Crippen molar-refractivity contribution < 1.29 is 19.1 Å². The number of amides is 2. The Hall–Kier alpha value is -2.40. The minimum Gasteiger partial charge on any atom is -0.465 e. The zero-order valence-corrected chi connectivity index (χ0v) is 20.4. The maximum Gasteiger partial charge on any atom is 0.404 e. The van der Waals surface area contributed by atoms with Crippen LogP contribution in [-0.2, 0) is 4.79 Å². The van der Waals surface area contributed by atoms with Crippen LogP contribution in [0.4, 0.5) is 20.8 Å². The number of rotatable bonds is 9. The van der Waals surface area contributed by atoms with Crippen LogP contribution in [0.25, 0.3) is 0 Å². The van der Waals surface area contributed by atoms with Crippen molar-refractivity contribution in [3.8, 4) is 0 Å². The molecule has 2 aliphatic carbocycles. The van der Waals surface area contributed by atoms with Gasteiger partial charge in [0.25, 0.3) is 0 Å². The quantitative estimate of drug-likeness (QED) is 0.303. The number of hydrazine groups is 1. The van der Waals surface area contributed by atoms with Gasteiger partial charge in [0.15, 0.2) is 11.6 Å². The molecular weight excluding hydrogens is 465 g/mol. The van der Waals surface area contributed by atoms with Crippen molar-refractivity contribution in [2.45, 2.75) is 51.0 Å². The highest BCUT2D eigenvalue weighted by molar-refractivity contribution is 6.28. The van der Waals surface area contributed by atoms with Gasteiger partial charge in [-0.05, 0) is 50.9 Å². The van der Waals surface area contributed by atoms with Gasteiger partial charge in [0.05, 0.1) is 5.92 Å². The average molecular weight is 498 g/mol. The summed E-state index contributed by atoms with van der Waals surface area (Å²) in [4.78, 5) is 35.9. The van der Waals surface area contributed by atoms with Crippen LogP contribution in [0.5, 0.6) is 0 Å². The molecule has 1 aliphatic heterocycles. The van der Waals surface area contributed by atoms with E-state index in [0.29, 0.717) is 31.5 Å². The van der Waals surface area contributed by atoms with Gasteiger partial charge in [-0.2, -0.15) is 14.4 Å². The fourth-order valence-electron chi connectivity index (χ4n) is 5.54. The number of aromatic nitrogens is 2. The molecule has 10 nitrogen and oxygen atoms in total. The summed E-state index contributed by atoms with van der Waals surface area (Å²) < 4.78 is 15.4. The number of hydrogen-bond acceptors (Lipinski definition) is 7. The molecule has 1 aromatic heterocycles. The average Bonchev–Trinajstić information content (AvgIpc) is 3.18. The first-order valence-corrected chi connectivity index (χ1v) is 12.2. The number of carbonyl (C=O) groups excluding carboxylic acids is 1. The standard InChI is InChI=1S/C22H33ClFN7O3/c1-30(2)15-11-31(12-22(15)7-8-22)18-16(24)17(26-20(23)27-18)28-29-19(32)14(10-25-21(33)34)9-13-5-3-4-6-13/h13-15,25H,3-12H2,1-2H3,(H,29,32)(H,33,34)(H,26,27,28)/t14-,15?/m1/s1. The summed E-state index contributed by atoms with van der Waals surface area (Å²) in [5.41, 5.74) is 5.21. The molecule has 2 amide bonds. The summed E-state index contributed by atoms with van der Waals surface area (Å²) in [6, 6.07) is 0.301. The van der Waals surface area contributed by atoms with E-state index in [4.69, 9.17) is 16.7 Å². The Bertz CT molecular complexity index is 924. The number of nitrogens with one attached hydrogen (secondary N) is 3. The summed E-state index contributed by atoms with van der Waals surface area (Å²) in [6.07, 6.45) is 5.84. The summed E-state index contributed by atoms with van der Waals surface area (Å²) in [5.74, 6) is -1.42. The fourth-order valence-corrected chi connectivity index (χ4v) is 5.71. The maximum atomic E-state index is 15.4. The molecule has 1 saturated heterocycles. The monoisotopic (exact) mass is 497 g/mol. The van der Waals surface area contributed by atoms with Crippen LogP contribution in [-0.4, -0.2) is 71.7 Å². The van der Waals surface area contributed by atoms with Gasteiger partial charge >= 0.3 is 6.09 Å². The van der Waals surface area contributed by atoms with Gasteiger partial charge in [0.1, 0.15) is 0 Å². The van der Waals surface area contributed by atoms with Crippen LogP contribution in [0, 0.1) is 23.1 Å². The fraction of sp³-hybridized carbons (Fsp3) is 0.727. The van der Waals surface area contributed by atoms with E-state index in [2.05, 4.69) is 31.0 Å². The predicted molar refractivity (Wildman–Crippen MR) is 126 cm³/mol. The zero-order chi connectivity index (χ0) is 24.5. The van der Waals surface area contributed by atoms with Crippen molar-refractivity contribution in [3.05, 3.63) is 11.1 Å². The third-order valence-corrected chi connectivity index (χ3v) is 7.66. The van der Waals surface area contributed by atoms with Crippen LogP contribution in [0.1, 0.15) is 44.9 Å². The first-order valence-electron chi connectivity index (χ1n) is 11.9. The lowest BCUT2D eigenvalue weighted by Gasteiger charge is -2.24. The van der Waals surface area contributed by atoms with E-state index in [0.717, 1.165) is 38.5 Å². The molecule has 188 valence electrons. The molecule has 0 bridgehead atoms. The van der Waals surface area contributed by atoms with Gasteiger partial charge < -0.3 is 20.2 Å². The van der Waals surface area contributed by atoms with Gasteiger partial charge in [-0.15, -0.1) is 0 Å². The van der Waals surface area contributed by atoms with Crippen LogP contribution in [0.2, 0.25) is 5.28 Å². The zero-order valence-electron chi connectivity index (χ0n) is 19.6. The minimum absolute atomic E-state index is 0.0145. The second-order valence-electron chi connectivity index (χ2n) is 10.1. The van der Waals surface area contributed by atoms with E-state index < -0.39 is 23.7 Å². The molecule has 34 heavy (non-hydrogen) atoms. The topological polar surface area (TPSA) is 123 Å². The lowest BCUT2D eigenvalue weighted by atomic mass is 9.92. The third-order valence-electron chi connectivity index (χ3n) is 7.49. The second kappa shape index (κ2) is 10.1. The van der Waals surface area contributed by atoms with Gasteiger partial charge in [0, 0.05) is 31.1 Å². The molecule has 4 N–H and O–H groups in total. The summed E-state index contributed by atoms with van der Waals surface area (Å²) in [5, 5.41) is 11.1. The highest BCUT2D eigenvalue weighted by atomic mass is 35.5. The molecule has 2 heterocycles. The van der Waals surface area contributed by atoms with E-state index >= 15 is 4.39 Å². The molecule has 0 aromatic carbocycles. The van der Waals surface area contributed by atoms with Crippen LogP contribution in [0.15, 0.2) is 0 Å². The van der Waals surface area contributed by atoms with Crippen molar-refractivity contribution in [1.29, 1.82) is 0 Å². The van der Waals surface area contributed by atoms with Crippen LogP contribution in [0.3, 0.4) is 0 Å². The van der Waals surface area contributed by atoms with Gasteiger partial charge in [0.2, 0.25) is 17.0 Å². The van der Waals surface area contributed by atoms with Crippen molar-refractivity contribution in [1.82, 2.24) is 25.6 Å². The first kappa shape index (κ1) is 24.7. The van der Waals surface area contributed by atoms with Crippen LogP contribution < -0.4 is 21.1 Å². The molecule has 2 atom stereocenters. The van der Waals surface area contributed by atoms with E-state index in [1.807, 2.05) is 19.0 Å². The van der Waals surface area contributed by atoms with Crippen molar-refractivity contribution in [3.63, 3.8) is 0 Å². The largest absolute Gasteiger partial charge is 0.465 e. The number of carbonyl (C=O) groups is 2. The number of nitrogens with zero attached hydrogens (tertiary/aromatic N) is 4. The minimum atomic E-state index is -1.19. The number of likely N-dealkylation sites (N-methyl/N-ethyl adjacent to an activating group) is 1. The number of carboxylic acid groups (broad SMARTS) is 1. The van der Waals surface area contributed by atoms with Gasteiger partial charge in [-0.1, -0.05) is 25.7 Å². The molecule has 0 radical (unpaired) electrons. The molecule has 1 unspecified atom stereocenters. The lowest BCUT2D eigenvalue weighted by Crippen LogP contribution is -2.42. The Labute approximate surface area is 203 Å². The predicted octanol–water partition coefficient (Wildman–Crippen LogP) is 2.71. The van der Waals surface area contributed by atoms with Gasteiger partial charge in [-0.3, -0.25) is 15.6 Å². The summed E-state index contributed by atoms with van der Waals surface area (Å²) in [6.45, 7) is 1.31. The molecule has 3 fully saturated rings. The molecule has 3 aliphatic rings. The lowest BCUT2D eigenvalue weighted by molar-refractivity contribution is -0.124. The van der Waals surface area contributed by atoms with Crippen molar-refractivity contribution in [2.75, 3.05) is 44.1 Å². The molecule has 4 rings (SSSR count). The Balaban J connectivity index is 1.44. The third kappa shape index (κ3) is 5.46. The van der Waals surface area contributed by atoms with E-state index in [9.17, 15) is 9.59 Å². The Kier molecular flexibility index (Phi) is 7.32. The van der Waals surface area contributed by atoms with E-state index in [-0.39, 0.29) is 28.9 Å². The SMILES string of the molecule is CN(C)C1CN(c2nc(Cl)nc(NNC(=O)[C@@H](CNC(=O)O)CC3CCCC3)c2F)CC12CC2. The number of halogens is 2. The Morgan fingerprint density at radius 1 is 1.29 bits per heavy atom. The second-order valence-corrected chi connectivity index (χ2v) is 10.4. The van der Waals surface area contributed by atoms with E-state index in [1.165, 1.54) is 0 Å². The molecule has 1 aromatic rings. The highest BCUT2D eigenvalue weighted by Crippen LogP contribution is 2.55.